The zero-order valence-electron chi connectivity index (χ0n) is 10.3. The van der Waals surface area contributed by atoms with E-state index in [-0.39, 0.29) is 17.2 Å². The highest BCUT2D eigenvalue weighted by Crippen LogP contribution is 2.26. The van der Waals surface area contributed by atoms with Crippen molar-refractivity contribution in [3.8, 4) is 11.8 Å². The summed E-state index contributed by atoms with van der Waals surface area (Å²) in [5.74, 6) is -0.147. The first-order chi connectivity index (χ1) is 9.63. The van der Waals surface area contributed by atoms with Crippen LogP contribution in [0.1, 0.15) is 21.5 Å². The van der Waals surface area contributed by atoms with E-state index in [1.165, 1.54) is 18.2 Å². The number of halogens is 2. The molecule has 0 heterocycles. The predicted molar refractivity (Wildman–Crippen MR) is 72.3 cm³/mol. The highest BCUT2D eigenvalue weighted by molar-refractivity contribution is 6.32. The van der Waals surface area contributed by atoms with Gasteiger partial charge in [-0.05, 0) is 30.3 Å². The molecule has 5 heteroatoms. The molecular weight excluding hydrogens is 281 g/mol. The molecule has 100 valence electrons. The van der Waals surface area contributed by atoms with Gasteiger partial charge in [0.15, 0.2) is 0 Å². The van der Waals surface area contributed by atoms with Gasteiger partial charge in [0.1, 0.15) is 24.5 Å². The average molecular weight is 290 g/mol. The van der Waals surface area contributed by atoms with Crippen molar-refractivity contribution in [2.75, 3.05) is 0 Å². The summed E-state index contributed by atoms with van der Waals surface area (Å²) in [4.78, 5) is 10.6. The zero-order chi connectivity index (χ0) is 14.5. The lowest BCUT2D eigenvalue weighted by atomic mass is 10.1. The molecule has 0 aliphatic rings. The predicted octanol–water partition coefficient (Wildman–Crippen LogP) is 3.74. The molecule has 0 N–H and O–H groups in total. The van der Waals surface area contributed by atoms with Crippen LogP contribution in [0.15, 0.2) is 36.4 Å². The first-order valence-corrected chi connectivity index (χ1v) is 6.08. The molecule has 0 aliphatic carbocycles. The van der Waals surface area contributed by atoms with Gasteiger partial charge in [-0.2, -0.15) is 5.26 Å². The van der Waals surface area contributed by atoms with Gasteiger partial charge in [-0.15, -0.1) is 0 Å². The fraction of sp³-hybridized carbons (Fsp3) is 0.0667. The number of hydrogen-bond donors (Lipinski definition) is 0. The SMILES string of the molecule is N#Cc1ccc(COc2ccc(C=O)cc2Cl)c(F)c1. The molecule has 0 aliphatic heterocycles. The van der Waals surface area contributed by atoms with Gasteiger partial charge in [0.2, 0.25) is 0 Å². The minimum atomic E-state index is -0.510. The Morgan fingerprint density at radius 1 is 1.30 bits per heavy atom. The van der Waals surface area contributed by atoms with Crippen LogP contribution in [-0.2, 0) is 6.61 Å². The van der Waals surface area contributed by atoms with E-state index in [1.807, 2.05) is 6.07 Å². The summed E-state index contributed by atoms with van der Waals surface area (Å²) < 4.78 is 19.1. The van der Waals surface area contributed by atoms with Gasteiger partial charge in [-0.3, -0.25) is 4.79 Å². The number of ether oxygens (including phenoxy) is 1. The lowest BCUT2D eigenvalue weighted by Crippen LogP contribution is -1.99. The number of hydrogen-bond acceptors (Lipinski definition) is 3. The zero-order valence-corrected chi connectivity index (χ0v) is 11.0. The summed E-state index contributed by atoms with van der Waals surface area (Å²) >= 11 is 5.94. The van der Waals surface area contributed by atoms with E-state index in [1.54, 1.807) is 12.1 Å². The molecule has 0 spiro atoms. The van der Waals surface area contributed by atoms with Crippen molar-refractivity contribution in [1.29, 1.82) is 5.26 Å². The summed E-state index contributed by atoms with van der Waals surface area (Å²) in [7, 11) is 0. The molecule has 0 aromatic heterocycles. The van der Waals surface area contributed by atoms with Crippen LogP contribution >= 0.6 is 11.6 Å². The van der Waals surface area contributed by atoms with Gasteiger partial charge < -0.3 is 4.74 Å². The highest BCUT2D eigenvalue weighted by Gasteiger charge is 2.07. The highest BCUT2D eigenvalue weighted by atomic mass is 35.5. The largest absolute Gasteiger partial charge is 0.487 e. The molecule has 3 nitrogen and oxygen atoms in total. The Labute approximate surface area is 120 Å². The van der Waals surface area contributed by atoms with E-state index in [0.717, 1.165) is 6.07 Å². The summed E-state index contributed by atoms with van der Waals surface area (Å²) in [6, 6.07) is 10.6. The molecular formula is C15H9ClFNO2. The third-order valence-electron chi connectivity index (χ3n) is 2.66. The third-order valence-corrected chi connectivity index (χ3v) is 2.95. The van der Waals surface area contributed by atoms with Gasteiger partial charge in [-0.1, -0.05) is 17.7 Å². The standard InChI is InChI=1S/C15H9ClFNO2/c16-13-5-11(8-19)2-4-15(13)20-9-12-3-1-10(7-18)6-14(12)17/h1-6,8H,9H2. The molecule has 0 radical (unpaired) electrons. The van der Waals surface area contributed by atoms with Crippen LogP contribution in [-0.4, -0.2) is 6.29 Å². The molecule has 0 bridgehead atoms. The number of rotatable bonds is 4. The number of carbonyl (C=O) groups excluding carboxylic acids is 1. The second-order valence-corrected chi connectivity index (χ2v) is 4.42. The third kappa shape index (κ3) is 3.14. The Bertz CT molecular complexity index is 695. The Balaban J connectivity index is 2.13. The monoisotopic (exact) mass is 289 g/mol. The molecule has 0 unspecified atom stereocenters. The van der Waals surface area contributed by atoms with Crippen LogP contribution in [0, 0.1) is 17.1 Å². The fourth-order valence-corrected chi connectivity index (χ4v) is 1.84. The van der Waals surface area contributed by atoms with E-state index in [0.29, 0.717) is 23.2 Å². The molecule has 2 aromatic carbocycles. The van der Waals surface area contributed by atoms with Crippen molar-refractivity contribution < 1.29 is 13.9 Å². The Hall–Kier alpha value is -2.38. The second-order valence-electron chi connectivity index (χ2n) is 4.01. The molecule has 0 saturated carbocycles. The molecule has 2 rings (SSSR count). The lowest BCUT2D eigenvalue weighted by Gasteiger charge is -2.09. The van der Waals surface area contributed by atoms with E-state index in [9.17, 15) is 9.18 Å². The van der Waals surface area contributed by atoms with Gasteiger partial charge >= 0.3 is 0 Å². The summed E-state index contributed by atoms with van der Waals surface area (Å²) in [5, 5.41) is 8.93. The van der Waals surface area contributed by atoms with Crippen molar-refractivity contribution in [2.45, 2.75) is 6.61 Å². The van der Waals surface area contributed by atoms with Crippen molar-refractivity contribution in [3.63, 3.8) is 0 Å². The molecule has 2 aromatic rings. The van der Waals surface area contributed by atoms with E-state index >= 15 is 0 Å². The molecule has 0 atom stereocenters. The minimum Gasteiger partial charge on any atom is -0.487 e. The minimum absolute atomic E-state index is 0.0162. The summed E-state index contributed by atoms with van der Waals surface area (Å²) in [6.45, 7) is -0.0162. The number of nitriles is 1. The van der Waals surface area contributed by atoms with Crippen molar-refractivity contribution in [1.82, 2.24) is 0 Å². The number of nitrogens with zero attached hydrogens (tertiary/aromatic N) is 1. The fourth-order valence-electron chi connectivity index (χ4n) is 1.60. The average Bonchev–Trinajstić information content (AvgIpc) is 2.46. The first-order valence-electron chi connectivity index (χ1n) is 5.70. The van der Waals surface area contributed by atoms with Crippen molar-refractivity contribution in [2.24, 2.45) is 0 Å². The second kappa shape index (κ2) is 6.18. The van der Waals surface area contributed by atoms with Gasteiger partial charge in [0.05, 0.1) is 16.7 Å². The number of benzene rings is 2. The topological polar surface area (TPSA) is 50.1 Å². The van der Waals surface area contributed by atoms with E-state index < -0.39 is 5.82 Å². The van der Waals surface area contributed by atoms with Gasteiger partial charge in [0.25, 0.3) is 0 Å². The van der Waals surface area contributed by atoms with Crippen LogP contribution in [0.3, 0.4) is 0 Å². The first kappa shape index (κ1) is 14.0. The Morgan fingerprint density at radius 2 is 2.10 bits per heavy atom. The lowest BCUT2D eigenvalue weighted by molar-refractivity contribution is 0.112. The van der Waals surface area contributed by atoms with Crippen LogP contribution in [0.25, 0.3) is 0 Å². The van der Waals surface area contributed by atoms with Gasteiger partial charge in [-0.25, -0.2) is 4.39 Å². The van der Waals surface area contributed by atoms with Crippen LogP contribution in [0.2, 0.25) is 5.02 Å². The summed E-state index contributed by atoms with van der Waals surface area (Å²) in [5.41, 5.74) is 1.01. The number of carbonyl (C=O) groups is 1. The van der Waals surface area contributed by atoms with Crippen LogP contribution in [0.5, 0.6) is 5.75 Å². The maximum Gasteiger partial charge on any atom is 0.150 e. The van der Waals surface area contributed by atoms with Crippen LogP contribution in [0.4, 0.5) is 4.39 Å². The number of aldehydes is 1. The Morgan fingerprint density at radius 3 is 2.70 bits per heavy atom. The molecule has 0 fully saturated rings. The molecule has 0 saturated heterocycles. The maximum atomic E-state index is 13.6. The van der Waals surface area contributed by atoms with E-state index in [4.69, 9.17) is 21.6 Å². The smallest absolute Gasteiger partial charge is 0.150 e. The summed E-state index contributed by atoms with van der Waals surface area (Å²) in [6.07, 6.45) is 0.677. The quantitative estimate of drug-likeness (QED) is 0.806. The normalized spacial score (nSPS) is 9.85. The van der Waals surface area contributed by atoms with Crippen LogP contribution < -0.4 is 4.74 Å². The van der Waals surface area contributed by atoms with Gasteiger partial charge in [0, 0.05) is 11.1 Å². The Kier molecular flexibility index (Phi) is 4.34. The molecule has 20 heavy (non-hydrogen) atoms. The molecule has 0 amide bonds. The maximum absolute atomic E-state index is 13.6. The van der Waals surface area contributed by atoms with Crippen molar-refractivity contribution >= 4 is 17.9 Å². The van der Waals surface area contributed by atoms with E-state index in [2.05, 4.69) is 0 Å². The van der Waals surface area contributed by atoms with Crippen molar-refractivity contribution in [3.05, 3.63) is 63.9 Å².